The SMILES string of the molecule is OCCn1c(CN2CCCC2)nc2cc(F)c(F)cc21. The van der Waals surface area contributed by atoms with Crippen LogP contribution in [0, 0.1) is 11.6 Å². The van der Waals surface area contributed by atoms with E-state index in [4.69, 9.17) is 0 Å². The zero-order chi connectivity index (χ0) is 14.1. The first-order chi connectivity index (χ1) is 9.69. The first-order valence-electron chi connectivity index (χ1n) is 6.86. The van der Waals surface area contributed by atoms with E-state index in [2.05, 4.69) is 9.88 Å². The molecule has 0 unspecified atom stereocenters. The minimum atomic E-state index is -0.890. The van der Waals surface area contributed by atoms with Gasteiger partial charge in [-0.25, -0.2) is 13.8 Å². The zero-order valence-corrected chi connectivity index (χ0v) is 11.1. The van der Waals surface area contributed by atoms with Crippen molar-refractivity contribution in [3.8, 4) is 0 Å². The fraction of sp³-hybridized carbons (Fsp3) is 0.500. The van der Waals surface area contributed by atoms with E-state index in [1.54, 1.807) is 4.57 Å². The summed E-state index contributed by atoms with van der Waals surface area (Å²) in [5.74, 6) is -1.02. The van der Waals surface area contributed by atoms with E-state index in [0.717, 1.165) is 31.0 Å². The average Bonchev–Trinajstić information content (AvgIpc) is 3.02. The first kappa shape index (κ1) is 13.5. The molecule has 1 aromatic carbocycles. The number of benzene rings is 1. The normalized spacial score (nSPS) is 16.4. The number of hydrogen-bond acceptors (Lipinski definition) is 3. The van der Waals surface area contributed by atoms with Crippen LogP contribution in [0.3, 0.4) is 0 Å². The third kappa shape index (κ3) is 2.41. The lowest BCUT2D eigenvalue weighted by molar-refractivity contribution is 0.268. The Bertz CT molecular complexity index is 620. The number of hydrogen-bond donors (Lipinski definition) is 1. The number of aromatic nitrogens is 2. The van der Waals surface area contributed by atoms with Crippen LogP contribution in [0.1, 0.15) is 18.7 Å². The molecular weight excluding hydrogens is 264 g/mol. The van der Waals surface area contributed by atoms with Gasteiger partial charge in [0, 0.05) is 18.7 Å². The van der Waals surface area contributed by atoms with Crippen LogP contribution >= 0.6 is 0 Å². The predicted molar refractivity (Wildman–Crippen MR) is 71.2 cm³/mol. The maximum atomic E-state index is 13.4. The highest BCUT2D eigenvalue weighted by Crippen LogP contribution is 2.22. The van der Waals surface area contributed by atoms with Crippen molar-refractivity contribution >= 4 is 11.0 Å². The molecule has 1 aliphatic rings. The van der Waals surface area contributed by atoms with Gasteiger partial charge in [0.25, 0.3) is 0 Å². The van der Waals surface area contributed by atoms with Gasteiger partial charge < -0.3 is 9.67 Å². The molecule has 2 aromatic rings. The molecule has 1 fully saturated rings. The van der Waals surface area contributed by atoms with Crippen LogP contribution in [-0.4, -0.2) is 39.3 Å². The number of halogens is 2. The summed E-state index contributed by atoms with van der Waals surface area (Å²) in [7, 11) is 0. The molecule has 4 nitrogen and oxygen atoms in total. The fourth-order valence-corrected chi connectivity index (χ4v) is 2.78. The molecule has 0 radical (unpaired) electrons. The van der Waals surface area contributed by atoms with E-state index in [1.165, 1.54) is 12.8 Å². The van der Waals surface area contributed by atoms with E-state index in [9.17, 15) is 13.9 Å². The lowest BCUT2D eigenvalue weighted by atomic mass is 10.3. The van der Waals surface area contributed by atoms with Gasteiger partial charge in [-0.05, 0) is 25.9 Å². The van der Waals surface area contributed by atoms with Gasteiger partial charge in [-0.3, -0.25) is 4.90 Å². The highest BCUT2D eigenvalue weighted by atomic mass is 19.2. The fourth-order valence-electron chi connectivity index (χ4n) is 2.78. The van der Waals surface area contributed by atoms with Gasteiger partial charge in [-0.1, -0.05) is 0 Å². The van der Waals surface area contributed by atoms with E-state index in [-0.39, 0.29) is 6.61 Å². The first-order valence-corrected chi connectivity index (χ1v) is 6.86. The van der Waals surface area contributed by atoms with Crippen molar-refractivity contribution in [3.05, 3.63) is 29.6 Å². The summed E-state index contributed by atoms with van der Waals surface area (Å²) in [4.78, 5) is 6.67. The molecule has 1 aromatic heterocycles. The van der Waals surface area contributed by atoms with Gasteiger partial charge >= 0.3 is 0 Å². The maximum absolute atomic E-state index is 13.4. The molecule has 1 N–H and O–H groups in total. The van der Waals surface area contributed by atoms with Gasteiger partial charge in [0.15, 0.2) is 11.6 Å². The van der Waals surface area contributed by atoms with Crippen molar-refractivity contribution in [2.45, 2.75) is 25.9 Å². The smallest absolute Gasteiger partial charge is 0.161 e. The molecule has 0 atom stereocenters. The average molecular weight is 281 g/mol. The number of aliphatic hydroxyl groups excluding tert-OH is 1. The Hall–Kier alpha value is -1.53. The molecule has 1 saturated heterocycles. The van der Waals surface area contributed by atoms with Crippen molar-refractivity contribution in [2.24, 2.45) is 0 Å². The third-order valence-electron chi connectivity index (χ3n) is 3.76. The summed E-state index contributed by atoms with van der Waals surface area (Å²) in [6.07, 6.45) is 2.34. The standard InChI is InChI=1S/C14H17F2N3O/c15-10-7-12-13(8-11(10)16)19(5-6-20)14(17-12)9-18-3-1-2-4-18/h7-8,20H,1-6,9H2. The predicted octanol–water partition coefficient (Wildman–Crippen LogP) is 1.90. The Balaban J connectivity index is 2.02. The Morgan fingerprint density at radius 2 is 1.85 bits per heavy atom. The summed E-state index contributed by atoms with van der Waals surface area (Å²) in [5.41, 5.74) is 0.971. The molecule has 3 rings (SSSR count). The molecule has 20 heavy (non-hydrogen) atoms. The second kappa shape index (κ2) is 5.46. The maximum Gasteiger partial charge on any atom is 0.161 e. The van der Waals surface area contributed by atoms with E-state index < -0.39 is 11.6 Å². The van der Waals surface area contributed by atoms with Crippen LogP contribution in [0.4, 0.5) is 8.78 Å². The quantitative estimate of drug-likeness (QED) is 0.930. The van der Waals surface area contributed by atoms with Crippen molar-refractivity contribution in [2.75, 3.05) is 19.7 Å². The lowest BCUT2D eigenvalue weighted by Crippen LogP contribution is -2.21. The molecule has 6 heteroatoms. The Morgan fingerprint density at radius 3 is 2.55 bits per heavy atom. The monoisotopic (exact) mass is 281 g/mol. The second-order valence-corrected chi connectivity index (χ2v) is 5.14. The van der Waals surface area contributed by atoms with E-state index >= 15 is 0 Å². The van der Waals surface area contributed by atoms with Crippen molar-refractivity contribution < 1.29 is 13.9 Å². The number of fused-ring (bicyclic) bond motifs is 1. The lowest BCUT2D eigenvalue weighted by Gasteiger charge is -2.15. The van der Waals surface area contributed by atoms with Gasteiger partial charge in [0.1, 0.15) is 5.82 Å². The van der Waals surface area contributed by atoms with Crippen LogP contribution in [0.5, 0.6) is 0 Å². The van der Waals surface area contributed by atoms with Gasteiger partial charge in [-0.15, -0.1) is 0 Å². The van der Waals surface area contributed by atoms with Crippen LogP contribution in [-0.2, 0) is 13.1 Å². The summed E-state index contributed by atoms with van der Waals surface area (Å²) >= 11 is 0. The minimum Gasteiger partial charge on any atom is -0.395 e. The topological polar surface area (TPSA) is 41.3 Å². The molecule has 0 bridgehead atoms. The van der Waals surface area contributed by atoms with Crippen molar-refractivity contribution in [1.29, 1.82) is 0 Å². The number of rotatable bonds is 4. The van der Waals surface area contributed by atoms with Gasteiger partial charge in [0.2, 0.25) is 0 Å². The largest absolute Gasteiger partial charge is 0.395 e. The number of likely N-dealkylation sites (tertiary alicyclic amines) is 1. The Morgan fingerprint density at radius 1 is 1.15 bits per heavy atom. The summed E-state index contributed by atoms with van der Waals surface area (Å²) in [6.45, 7) is 2.97. The minimum absolute atomic E-state index is 0.0581. The number of imidazole rings is 1. The van der Waals surface area contributed by atoms with Crippen LogP contribution in [0.25, 0.3) is 11.0 Å². The third-order valence-corrected chi connectivity index (χ3v) is 3.76. The zero-order valence-electron chi connectivity index (χ0n) is 11.1. The molecule has 0 aliphatic carbocycles. The second-order valence-electron chi connectivity index (χ2n) is 5.14. The van der Waals surface area contributed by atoms with Gasteiger partial charge in [-0.2, -0.15) is 0 Å². The highest BCUT2D eigenvalue weighted by Gasteiger charge is 2.18. The molecule has 0 saturated carbocycles. The van der Waals surface area contributed by atoms with Crippen LogP contribution in [0.2, 0.25) is 0 Å². The summed E-state index contributed by atoms with van der Waals surface area (Å²) < 4.78 is 28.5. The Labute approximate surface area is 115 Å². The molecule has 1 aliphatic heterocycles. The Kier molecular flexibility index (Phi) is 3.67. The van der Waals surface area contributed by atoms with E-state index in [0.29, 0.717) is 24.1 Å². The number of aliphatic hydroxyl groups is 1. The number of nitrogens with zero attached hydrogens (tertiary/aromatic N) is 3. The van der Waals surface area contributed by atoms with Crippen LogP contribution in [0.15, 0.2) is 12.1 Å². The molecule has 0 amide bonds. The van der Waals surface area contributed by atoms with Crippen molar-refractivity contribution in [3.63, 3.8) is 0 Å². The molecule has 108 valence electrons. The molecule has 0 spiro atoms. The van der Waals surface area contributed by atoms with Gasteiger partial charge in [0.05, 0.1) is 24.2 Å². The highest BCUT2D eigenvalue weighted by molar-refractivity contribution is 5.76. The van der Waals surface area contributed by atoms with Crippen LogP contribution < -0.4 is 0 Å². The molecular formula is C14H17F2N3O. The summed E-state index contributed by atoms with van der Waals surface area (Å²) in [5, 5.41) is 9.18. The van der Waals surface area contributed by atoms with E-state index in [1.807, 2.05) is 0 Å². The van der Waals surface area contributed by atoms with Crippen molar-refractivity contribution in [1.82, 2.24) is 14.5 Å². The summed E-state index contributed by atoms with van der Waals surface area (Å²) in [6, 6.07) is 2.27. The molecule has 2 heterocycles.